The van der Waals surface area contributed by atoms with Crippen LogP contribution in [0.5, 0.6) is 0 Å². The van der Waals surface area contributed by atoms with Crippen molar-refractivity contribution in [3.8, 4) is 0 Å². The maximum Gasteiger partial charge on any atom is 0.296 e. The number of carbonyl (C=O) groups excluding carboxylic acids is 2. The summed E-state index contributed by atoms with van der Waals surface area (Å²) in [6.07, 6.45) is 3.11. The fraction of sp³-hybridized carbons (Fsp3) is 0.0909. The Bertz CT molecular complexity index is 1180. The Morgan fingerprint density at radius 2 is 1.68 bits per heavy atom. The highest BCUT2D eigenvalue weighted by Crippen LogP contribution is 2.39. The molecule has 1 atom stereocenters. The quantitative estimate of drug-likeness (QED) is 0.223. The molecule has 1 aliphatic rings. The van der Waals surface area contributed by atoms with E-state index in [1.165, 1.54) is 35.4 Å². The van der Waals surface area contributed by atoms with Crippen LogP contribution in [0, 0.1) is 10.1 Å². The van der Waals surface area contributed by atoms with Gasteiger partial charge in [0.15, 0.2) is 0 Å². The van der Waals surface area contributed by atoms with Crippen LogP contribution in [0.1, 0.15) is 23.0 Å². The molecule has 0 radical (unpaired) electrons. The van der Waals surface area contributed by atoms with Gasteiger partial charge in [-0.25, -0.2) is 0 Å². The zero-order valence-corrected chi connectivity index (χ0v) is 16.1. The highest BCUT2D eigenvalue weighted by atomic mass is 16.6. The summed E-state index contributed by atoms with van der Waals surface area (Å²) in [6.45, 7) is 0.0453. The minimum atomic E-state index is -0.932. The molecule has 31 heavy (non-hydrogen) atoms. The van der Waals surface area contributed by atoms with Crippen LogP contribution >= 0.6 is 0 Å². The number of amides is 1. The molecule has 1 amide bonds. The third-order valence-electron chi connectivity index (χ3n) is 4.92. The smallest absolute Gasteiger partial charge is 0.296 e. The van der Waals surface area contributed by atoms with Gasteiger partial charge >= 0.3 is 0 Å². The molecule has 3 aromatic rings. The lowest BCUT2D eigenvalue weighted by Crippen LogP contribution is -2.29. The number of Topliss-reactive ketones (excluding diaryl/α,β-unsaturated/α-hetero) is 1. The number of aromatic nitrogens is 2. The Hall–Kier alpha value is -4.40. The van der Waals surface area contributed by atoms with E-state index in [2.05, 4.69) is 9.97 Å². The monoisotopic (exact) mass is 416 g/mol. The van der Waals surface area contributed by atoms with Crippen molar-refractivity contribution in [2.24, 2.45) is 0 Å². The zero-order chi connectivity index (χ0) is 22.0. The second-order valence-corrected chi connectivity index (χ2v) is 6.81. The van der Waals surface area contributed by atoms with E-state index in [-0.39, 0.29) is 23.4 Å². The van der Waals surface area contributed by atoms with E-state index in [1.807, 2.05) is 0 Å². The normalized spacial score (nSPS) is 17.7. The van der Waals surface area contributed by atoms with Crippen molar-refractivity contribution in [1.82, 2.24) is 14.9 Å². The fourth-order valence-electron chi connectivity index (χ4n) is 3.45. The number of nitro groups is 1. The van der Waals surface area contributed by atoms with Crippen molar-refractivity contribution < 1.29 is 19.6 Å². The number of nitrogens with zero attached hydrogens (tertiary/aromatic N) is 4. The molecule has 1 aliphatic heterocycles. The lowest BCUT2D eigenvalue weighted by atomic mass is 9.98. The highest BCUT2D eigenvalue weighted by Gasteiger charge is 2.46. The predicted molar refractivity (Wildman–Crippen MR) is 109 cm³/mol. The molecule has 1 fully saturated rings. The van der Waals surface area contributed by atoms with Crippen LogP contribution in [0.4, 0.5) is 5.69 Å². The first-order valence-electron chi connectivity index (χ1n) is 9.31. The molecule has 1 unspecified atom stereocenters. The number of nitro benzene ring substituents is 1. The summed E-state index contributed by atoms with van der Waals surface area (Å²) in [4.78, 5) is 45.9. The third kappa shape index (κ3) is 3.76. The average molecular weight is 416 g/mol. The van der Waals surface area contributed by atoms with Gasteiger partial charge in [0.2, 0.25) is 0 Å². The van der Waals surface area contributed by atoms with Crippen molar-refractivity contribution in [3.63, 3.8) is 0 Å². The molecule has 0 spiro atoms. The van der Waals surface area contributed by atoms with Crippen molar-refractivity contribution in [1.29, 1.82) is 0 Å². The van der Waals surface area contributed by atoms with E-state index >= 15 is 0 Å². The van der Waals surface area contributed by atoms with Gasteiger partial charge < -0.3 is 10.0 Å². The molecule has 2 aromatic heterocycles. The van der Waals surface area contributed by atoms with Gasteiger partial charge in [0.1, 0.15) is 11.8 Å². The van der Waals surface area contributed by atoms with Gasteiger partial charge in [-0.15, -0.1) is 0 Å². The van der Waals surface area contributed by atoms with Gasteiger partial charge in [0, 0.05) is 30.1 Å². The second kappa shape index (κ2) is 8.15. The van der Waals surface area contributed by atoms with Gasteiger partial charge in [0.05, 0.1) is 28.4 Å². The lowest BCUT2D eigenvalue weighted by Gasteiger charge is -2.24. The molecule has 0 bridgehead atoms. The van der Waals surface area contributed by atoms with Gasteiger partial charge in [-0.05, 0) is 36.4 Å². The predicted octanol–water partition coefficient (Wildman–Crippen LogP) is 3.01. The molecule has 4 rings (SSSR count). The van der Waals surface area contributed by atoms with Crippen molar-refractivity contribution in [2.75, 3.05) is 0 Å². The number of aliphatic hydroxyl groups is 1. The number of non-ortho nitro benzene ring substituents is 1. The number of pyridine rings is 2. The molecule has 9 heteroatoms. The maximum absolute atomic E-state index is 12.9. The molecule has 1 saturated heterocycles. The molecular formula is C22H16N4O5. The van der Waals surface area contributed by atoms with Crippen molar-refractivity contribution in [3.05, 3.63) is 106 Å². The van der Waals surface area contributed by atoms with Crippen LogP contribution in [0.2, 0.25) is 0 Å². The number of carbonyl (C=O) groups is 2. The van der Waals surface area contributed by atoms with E-state index in [4.69, 9.17) is 0 Å². The largest absolute Gasteiger partial charge is 0.507 e. The van der Waals surface area contributed by atoms with Crippen LogP contribution in [0.25, 0.3) is 5.76 Å². The van der Waals surface area contributed by atoms with E-state index in [1.54, 1.807) is 42.6 Å². The van der Waals surface area contributed by atoms with E-state index in [9.17, 15) is 24.8 Å². The van der Waals surface area contributed by atoms with Crippen LogP contribution in [-0.4, -0.2) is 36.6 Å². The Morgan fingerprint density at radius 3 is 2.26 bits per heavy atom. The Morgan fingerprint density at radius 1 is 1.00 bits per heavy atom. The molecule has 1 aromatic carbocycles. The molecule has 154 valence electrons. The van der Waals surface area contributed by atoms with Gasteiger partial charge in [-0.1, -0.05) is 12.1 Å². The number of aliphatic hydroxyl groups excluding tert-OH is 1. The van der Waals surface area contributed by atoms with Crippen LogP contribution in [0.3, 0.4) is 0 Å². The minimum absolute atomic E-state index is 0.0453. The standard InChI is InChI=1S/C22H16N4O5/c27-20(14-7-9-16(10-8-14)26(30)31)18-19(17-6-2-4-12-24-17)25(22(29)21(18)28)13-15-5-1-3-11-23-15/h1-12,19,27H,13H2/b20-18-. The first kappa shape index (κ1) is 19.9. The number of rotatable bonds is 5. The van der Waals surface area contributed by atoms with E-state index in [0.29, 0.717) is 11.4 Å². The molecule has 3 heterocycles. The minimum Gasteiger partial charge on any atom is -0.507 e. The lowest BCUT2D eigenvalue weighted by molar-refractivity contribution is -0.384. The maximum atomic E-state index is 12.9. The fourth-order valence-corrected chi connectivity index (χ4v) is 3.45. The summed E-state index contributed by atoms with van der Waals surface area (Å²) in [5.74, 6) is -2.07. The summed E-state index contributed by atoms with van der Waals surface area (Å²) in [5.41, 5.74) is 0.867. The van der Waals surface area contributed by atoms with Crippen LogP contribution in [0.15, 0.2) is 78.6 Å². The first-order valence-corrected chi connectivity index (χ1v) is 9.31. The van der Waals surface area contributed by atoms with Crippen LogP contribution < -0.4 is 0 Å². The zero-order valence-electron chi connectivity index (χ0n) is 16.1. The first-order chi connectivity index (χ1) is 15.0. The Balaban J connectivity index is 1.83. The Labute approximate surface area is 176 Å². The van der Waals surface area contributed by atoms with Gasteiger partial charge in [0.25, 0.3) is 17.4 Å². The Kier molecular flexibility index (Phi) is 5.23. The summed E-state index contributed by atoms with van der Waals surface area (Å²) in [5, 5.41) is 21.8. The highest BCUT2D eigenvalue weighted by molar-refractivity contribution is 6.46. The molecule has 0 saturated carbocycles. The van der Waals surface area contributed by atoms with E-state index < -0.39 is 28.4 Å². The summed E-state index contributed by atoms with van der Waals surface area (Å²) >= 11 is 0. The number of ketones is 1. The molecule has 1 N–H and O–H groups in total. The molecular weight excluding hydrogens is 400 g/mol. The van der Waals surface area contributed by atoms with Crippen molar-refractivity contribution in [2.45, 2.75) is 12.6 Å². The van der Waals surface area contributed by atoms with Crippen molar-refractivity contribution >= 4 is 23.1 Å². The number of benzene rings is 1. The average Bonchev–Trinajstić information content (AvgIpc) is 3.05. The number of likely N-dealkylation sites (tertiary alicyclic amines) is 1. The summed E-state index contributed by atoms with van der Waals surface area (Å²) < 4.78 is 0. The van der Waals surface area contributed by atoms with Crippen LogP contribution in [-0.2, 0) is 16.1 Å². The third-order valence-corrected chi connectivity index (χ3v) is 4.92. The number of hydrogen-bond acceptors (Lipinski definition) is 7. The number of hydrogen-bond donors (Lipinski definition) is 1. The van der Waals surface area contributed by atoms with Gasteiger partial charge in [-0.3, -0.25) is 29.7 Å². The second-order valence-electron chi connectivity index (χ2n) is 6.81. The SMILES string of the molecule is O=C1C(=O)N(Cc2ccccn2)C(c2ccccn2)/C1=C(/O)c1ccc([N+](=O)[O-])cc1. The van der Waals surface area contributed by atoms with E-state index in [0.717, 1.165) is 0 Å². The molecule has 0 aliphatic carbocycles. The summed E-state index contributed by atoms with van der Waals surface area (Å²) in [6, 6.07) is 14.5. The van der Waals surface area contributed by atoms with Gasteiger partial charge in [-0.2, -0.15) is 0 Å². The molecule has 9 nitrogen and oxygen atoms in total. The topological polar surface area (TPSA) is 127 Å². The summed E-state index contributed by atoms with van der Waals surface area (Å²) in [7, 11) is 0.